The van der Waals surface area contributed by atoms with Crippen LogP contribution in [0, 0.1) is 0 Å². The molecule has 0 fully saturated rings. The first-order valence-corrected chi connectivity index (χ1v) is 5.06. The van der Waals surface area contributed by atoms with E-state index in [1.165, 1.54) is 14.0 Å². The monoisotopic (exact) mass is 241 g/mol. The average molecular weight is 242 g/mol. The fourth-order valence-corrected chi connectivity index (χ4v) is 1.26. The number of hydroxylamine groups is 2. The summed E-state index contributed by atoms with van der Waals surface area (Å²) in [4.78, 5) is 26.8. The van der Waals surface area contributed by atoms with Crippen LogP contribution in [0.2, 0.25) is 5.02 Å². The second-order valence-electron chi connectivity index (χ2n) is 3.28. The van der Waals surface area contributed by atoms with Gasteiger partial charge in [-0.25, -0.2) is 0 Å². The van der Waals surface area contributed by atoms with Gasteiger partial charge in [-0.3, -0.25) is 9.59 Å². The minimum atomic E-state index is -0.521. The van der Waals surface area contributed by atoms with Crippen molar-refractivity contribution in [1.82, 2.24) is 5.06 Å². The van der Waals surface area contributed by atoms with E-state index in [4.69, 9.17) is 11.6 Å². The molecule has 0 spiro atoms. The molecule has 0 radical (unpaired) electrons. The van der Waals surface area contributed by atoms with E-state index in [-0.39, 0.29) is 12.3 Å². The van der Waals surface area contributed by atoms with Crippen molar-refractivity contribution in [3.05, 3.63) is 34.9 Å². The molecule has 4 nitrogen and oxygen atoms in total. The van der Waals surface area contributed by atoms with E-state index in [2.05, 4.69) is 4.84 Å². The molecule has 1 rings (SSSR count). The Balaban J connectivity index is 2.57. The highest BCUT2D eigenvalue weighted by atomic mass is 35.5. The van der Waals surface area contributed by atoms with E-state index in [1.54, 1.807) is 24.3 Å². The zero-order valence-corrected chi connectivity index (χ0v) is 9.82. The maximum absolute atomic E-state index is 11.5. The van der Waals surface area contributed by atoms with Gasteiger partial charge >= 0.3 is 5.97 Å². The number of carbonyl (C=O) groups is 2. The Bertz CT molecular complexity index is 389. The number of hydrogen-bond acceptors (Lipinski definition) is 3. The minimum absolute atomic E-state index is 0.168. The van der Waals surface area contributed by atoms with Gasteiger partial charge in [-0.1, -0.05) is 23.7 Å². The third-order valence-electron chi connectivity index (χ3n) is 1.89. The maximum atomic E-state index is 11.5. The lowest BCUT2D eigenvalue weighted by Gasteiger charge is -2.14. The Labute approximate surface area is 98.7 Å². The van der Waals surface area contributed by atoms with Crippen molar-refractivity contribution < 1.29 is 14.4 Å². The van der Waals surface area contributed by atoms with Crippen molar-refractivity contribution in [3.63, 3.8) is 0 Å². The SMILES string of the molecule is CC(=O)ON(C)C(=O)Cc1ccc(Cl)cc1. The van der Waals surface area contributed by atoms with Crippen LogP contribution in [0.3, 0.4) is 0 Å². The summed E-state index contributed by atoms with van der Waals surface area (Å²) in [5.74, 6) is -0.815. The number of rotatable bonds is 2. The molecular weight excluding hydrogens is 230 g/mol. The van der Waals surface area contributed by atoms with Crippen LogP contribution in [0.25, 0.3) is 0 Å². The van der Waals surface area contributed by atoms with Gasteiger partial charge in [-0.2, -0.15) is 5.06 Å². The summed E-state index contributed by atoms with van der Waals surface area (Å²) in [5, 5.41) is 1.54. The fraction of sp³-hybridized carbons (Fsp3) is 0.273. The molecule has 1 aromatic carbocycles. The van der Waals surface area contributed by atoms with Gasteiger partial charge in [0.15, 0.2) is 0 Å². The first kappa shape index (κ1) is 12.5. The van der Waals surface area contributed by atoms with Crippen molar-refractivity contribution in [2.45, 2.75) is 13.3 Å². The van der Waals surface area contributed by atoms with Crippen LogP contribution in [0.1, 0.15) is 12.5 Å². The minimum Gasteiger partial charge on any atom is -0.339 e. The predicted molar refractivity (Wildman–Crippen MR) is 59.7 cm³/mol. The summed E-state index contributed by atoms with van der Waals surface area (Å²) < 4.78 is 0. The Kier molecular flexibility index (Phi) is 4.31. The second kappa shape index (κ2) is 5.51. The molecule has 0 aromatic heterocycles. The molecule has 0 bridgehead atoms. The van der Waals surface area contributed by atoms with Crippen LogP contribution in [-0.4, -0.2) is 24.0 Å². The Morgan fingerprint density at radius 3 is 2.38 bits per heavy atom. The molecule has 0 heterocycles. The van der Waals surface area contributed by atoms with E-state index in [0.29, 0.717) is 5.02 Å². The smallest absolute Gasteiger partial charge is 0.329 e. The van der Waals surface area contributed by atoms with E-state index in [1.807, 2.05) is 0 Å². The lowest BCUT2D eigenvalue weighted by molar-refractivity contribution is -0.190. The molecule has 0 saturated heterocycles. The molecule has 0 aliphatic heterocycles. The Hall–Kier alpha value is -1.55. The van der Waals surface area contributed by atoms with Gasteiger partial charge in [0.2, 0.25) is 0 Å². The number of amides is 1. The fourth-order valence-electron chi connectivity index (χ4n) is 1.13. The molecule has 0 atom stereocenters. The van der Waals surface area contributed by atoms with Gasteiger partial charge in [0, 0.05) is 19.0 Å². The summed E-state index contributed by atoms with van der Waals surface area (Å²) in [7, 11) is 1.40. The molecule has 1 aromatic rings. The summed E-state index contributed by atoms with van der Waals surface area (Å²) in [6.45, 7) is 1.24. The van der Waals surface area contributed by atoms with Gasteiger partial charge < -0.3 is 4.84 Å². The number of nitrogens with zero attached hydrogens (tertiary/aromatic N) is 1. The van der Waals surface area contributed by atoms with Gasteiger partial charge in [0.1, 0.15) is 0 Å². The highest BCUT2D eigenvalue weighted by molar-refractivity contribution is 6.30. The van der Waals surface area contributed by atoms with Gasteiger partial charge in [0.25, 0.3) is 5.91 Å². The standard InChI is InChI=1S/C11H12ClNO3/c1-8(14)16-13(2)11(15)7-9-3-5-10(12)6-4-9/h3-6H,7H2,1-2H3. The van der Waals surface area contributed by atoms with E-state index >= 15 is 0 Å². The van der Waals surface area contributed by atoms with Crippen molar-refractivity contribution in [2.75, 3.05) is 7.05 Å². The summed E-state index contributed by atoms with van der Waals surface area (Å²) in [5.41, 5.74) is 0.813. The first-order valence-electron chi connectivity index (χ1n) is 4.68. The average Bonchev–Trinajstić information content (AvgIpc) is 2.20. The maximum Gasteiger partial charge on any atom is 0.329 e. The van der Waals surface area contributed by atoms with Crippen LogP contribution in [0.4, 0.5) is 0 Å². The highest BCUT2D eigenvalue weighted by Crippen LogP contribution is 2.10. The zero-order chi connectivity index (χ0) is 12.1. The second-order valence-corrected chi connectivity index (χ2v) is 3.71. The topological polar surface area (TPSA) is 46.6 Å². The van der Waals surface area contributed by atoms with E-state index in [9.17, 15) is 9.59 Å². The Morgan fingerprint density at radius 2 is 1.88 bits per heavy atom. The van der Waals surface area contributed by atoms with Gasteiger partial charge in [0.05, 0.1) is 6.42 Å². The lowest BCUT2D eigenvalue weighted by atomic mass is 10.1. The molecule has 0 aliphatic carbocycles. The first-order chi connectivity index (χ1) is 7.49. The van der Waals surface area contributed by atoms with Crippen LogP contribution < -0.4 is 0 Å². The van der Waals surface area contributed by atoms with E-state index < -0.39 is 5.97 Å². The lowest BCUT2D eigenvalue weighted by Crippen LogP contribution is -2.30. The normalized spacial score (nSPS) is 9.69. The zero-order valence-electron chi connectivity index (χ0n) is 9.07. The molecule has 0 N–H and O–H groups in total. The summed E-state index contributed by atoms with van der Waals surface area (Å²) in [6.07, 6.45) is 0.168. The van der Waals surface area contributed by atoms with Crippen LogP contribution in [-0.2, 0) is 20.8 Å². The molecule has 0 aliphatic rings. The summed E-state index contributed by atoms with van der Waals surface area (Å²) in [6, 6.07) is 6.91. The number of likely N-dealkylation sites (N-methyl/N-ethyl adjacent to an activating group) is 1. The molecule has 1 amide bonds. The number of hydrogen-bond donors (Lipinski definition) is 0. The number of carbonyl (C=O) groups excluding carboxylic acids is 2. The molecule has 0 unspecified atom stereocenters. The van der Waals surface area contributed by atoms with Crippen LogP contribution in [0.5, 0.6) is 0 Å². The molecule has 0 saturated carbocycles. The number of benzene rings is 1. The highest BCUT2D eigenvalue weighted by Gasteiger charge is 2.12. The van der Waals surface area contributed by atoms with Gasteiger partial charge in [-0.05, 0) is 17.7 Å². The molecule has 16 heavy (non-hydrogen) atoms. The van der Waals surface area contributed by atoms with Crippen LogP contribution in [0.15, 0.2) is 24.3 Å². The van der Waals surface area contributed by atoms with Gasteiger partial charge in [-0.15, -0.1) is 0 Å². The number of halogens is 1. The van der Waals surface area contributed by atoms with E-state index in [0.717, 1.165) is 10.6 Å². The quantitative estimate of drug-likeness (QED) is 0.742. The van der Waals surface area contributed by atoms with Crippen molar-refractivity contribution in [3.8, 4) is 0 Å². The molecule has 5 heteroatoms. The molecule has 86 valence electrons. The Morgan fingerprint density at radius 1 is 1.31 bits per heavy atom. The third kappa shape index (κ3) is 3.90. The van der Waals surface area contributed by atoms with Crippen molar-refractivity contribution in [2.24, 2.45) is 0 Å². The van der Waals surface area contributed by atoms with Crippen LogP contribution >= 0.6 is 11.6 Å². The third-order valence-corrected chi connectivity index (χ3v) is 2.14. The predicted octanol–water partition coefficient (Wildman–Crippen LogP) is 1.82. The molecular formula is C11H12ClNO3. The largest absolute Gasteiger partial charge is 0.339 e. The summed E-state index contributed by atoms with van der Waals surface area (Å²) >= 11 is 5.71. The van der Waals surface area contributed by atoms with Crippen molar-refractivity contribution in [1.29, 1.82) is 0 Å². The van der Waals surface area contributed by atoms with Crippen molar-refractivity contribution >= 4 is 23.5 Å².